The second-order valence-corrected chi connectivity index (χ2v) is 6.46. The summed E-state index contributed by atoms with van der Waals surface area (Å²) >= 11 is 4.55. The Morgan fingerprint density at radius 3 is 1.24 bits per heavy atom. The summed E-state index contributed by atoms with van der Waals surface area (Å²) in [4.78, 5) is 3.94. The summed E-state index contributed by atoms with van der Waals surface area (Å²) in [5.74, 6) is 0. The fraction of sp³-hybridized carbons (Fsp3) is 0.947. The number of hydrogen-bond acceptors (Lipinski definition) is 2. The number of isothiocyanates is 1. The molecular formula is C19H37NS. The van der Waals surface area contributed by atoms with Gasteiger partial charge in [0.2, 0.25) is 0 Å². The first-order chi connectivity index (χ1) is 10.4. The second-order valence-electron chi connectivity index (χ2n) is 6.28. The SMILES string of the molecule is CCCCCCCCCCCCCCCCCCN=C=S. The van der Waals surface area contributed by atoms with Crippen molar-refractivity contribution >= 4 is 17.4 Å². The molecule has 0 aromatic rings. The van der Waals surface area contributed by atoms with Crippen molar-refractivity contribution in [1.82, 2.24) is 0 Å². The van der Waals surface area contributed by atoms with Crippen LogP contribution in [0.3, 0.4) is 0 Å². The third-order valence-corrected chi connectivity index (χ3v) is 4.32. The smallest absolute Gasteiger partial charge is 0.0584 e. The Balaban J connectivity index is 2.94. The van der Waals surface area contributed by atoms with Crippen LogP contribution < -0.4 is 0 Å². The molecule has 0 heterocycles. The summed E-state index contributed by atoms with van der Waals surface area (Å²) in [7, 11) is 0. The van der Waals surface area contributed by atoms with Crippen molar-refractivity contribution in [2.24, 2.45) is 4.99 Å². The van der Waals surface area contributed by atoms with E-state index in [4.69, 9.17) is 0 Å². The highest BCUT2D eigenvalue weighted by Crippen LogP contribution is 2.13. The van der Waals surface area contributed by atoms with Gasteiger partial charge >= 0.3 is 0 Å². The van der Waals surface area contributed by atoms with Gasteiger partial charge in [0.25, 0.3) is 0 Å². The van der Waals surface area contributed by atoms with Crippen molar-refractivity contribution in [3.63, 3.8) is 0 Å². The first-order valence-corrected chi connectivity index (χ1v) is 9.86. The summed E-state index contributed by atoms with van der Waals surface area (Å²) in [5, 5.41) is 2.43. The van der Waals surface area contributed by atoms with E-state index < -0.39 is 0 Å². The van der Waals surface area contributed by atoms with Gasteiger partial charge in [0.05, 0.1) is 5.16 Å². The number of thiocarbonyl (C=S) groups is 1. The molecule has 0 aromatic heterocycles. The van der Waals surface area contributed by atoms with Crippen LogP contribution in [-0.2, 0) is 0 Å². The lowest BCUT2D eigenvalue weighted by Gasteiger charge is -2.03. The van der Waals surface area contributed by atoms with Gasteiger partial charge in [-0.2, -0.15) is 0 Å². The highest BCUT2D eigenvalue weighted by molar-refractivity contribution is 7.78. The van der Waals surface area contributed by atoms with Crippen molar-refractivity contribution in [1.29, 1.82) is 0 Å². The predicted molar refractivity (Wildman–Crippen MR) is 99.4 cm³/mol. The minimum absolute atomic E-state index is 0.877. The Morgan fingerprint density at radius 2 is 0.905 bits per heavy atom. The molecule has 0 saturated heterocycles. The Morgan fingerprint density at radius 1 is 0.571 bits per heavy atom. The van der Waals surface area contributed by atoms with Crippen LogP contribution in [0.1, 0.15) is 110 Å². The van der Waals surface area contributed by atoms with E-state index >= 15 is 0 Å². The molecule has 0 spiro atoms. The maximum Gasteiger partial charge on any atom is 0.0584 e. The van der Waals surface area contributed by atoms with Gasteiger partial charge in [0, 0.05) is 6.54 Å². The van der Waals surface area contributed by atoms with E-state index in [0.717, 1.165) is 6.54 Å². The normalized spacial score (nSPS) is 10.5. The Labute approximate surface area is 139 Å². The lowest BCUT2D eigenvalue weighted by molar-refractivity contribution is 0.530. The van der Waals surface area contributed by atoms with Crippen LogP contribution in [0.15, 0.2) is 4.99 Å². The molecule has 0 rings (SSSR count). The molecule has 0 aromatic carbocycles. The molecule has 0 amide bonds. The van der Waals surface area contributed by atoms with Gasteiger partial charge in [-0.05, 0) is 18.6 Å². The van der Waals surface area contributed by atoms with Gasteiger partial charge < -0.3 is 0 Å². The number of nitrogens with zero attached hydrogens (tertiary/aromatic N) is 1. The highest BCUT2D eigenvalue weighted by Gasteiger charge is 1.94. The van der Waals surface area contributed by atoms with Crippen LogP contribution in [0, 0.1) is 0 Å². The molecule has 0 saturated carbocycles. The molecule has 0 unspecified atom stereocenters. The monoisotopic (exact) mass is 311 g/mol. The van der Waals surface area contributed by atoms with Gasteiger partial charge in [-0.3, -0.25) is 0 Å². The van der Waals surface area contributed by atoms with E-state index in [1.807, 2.05) is 0 Å². The van der Waals surface area contributed by atoms with E-state index in [1.54, 1.807) is 0 Å². The van der Waals surface area contributed by atoms with E-state index in [-0.39, 0.29) is 0 Å². The molecule has 0 aliphatic carbocycles. The van der Waals surface area contributed by atoms with E-state index in [0.29, 0.717) is 0 Å². The summed E-state index contributed by atoms with van der Waals surface area (Å²) in [5.41, 5.74) is 0. The zero-order valence-electron chi connectivity index (χ0n) is 14.4. The standard InChI is InChI=1S/C19H37NS/c1-2-3-4-5-6-7-8-9-10-11-12-13-14-15-16-17-18-20-19-21/h2-18H2,1H3. The summed E-state index contributed by atoms with van der Waals surface area (Å²) in [6.45, 7) is 3.16. The van der Waals surface area contributed by atoms with Crippen LogP contribution in [0.5, 0.6) is 0 Å². The van der Waals surface area contributed by atoms with Gasteiger partial charge in [-0.1, -0.05) is 103 Å². The topological polar surface area (TPSA) is 12.4 Å². The summed E-state index contributed by atoms with van der Waals surface area (Å²) in [6, 6.07) is 0. The minimum Gasteiger partial charge on any atom is -0.233 e. The first-order valence-electron chi connectivity index (χ1n) is 9.45. The van der Waals surface area contributed by atoms with Gasteiger partial charge in [-0.15, -0.1) is 0 Å². The largest absolute Gasteiger partial charge is 0.233 e. The van der Waals surface area contributed by atoms with Crippen LogP contribution in [-0.4, -0.2) is 11.7 Å². The first kappa shape index (κ1) is 20.8. The average molecular weight is 312 g/mol. The number of hydrogen-bond donors (Lipinski definition) is 0. The zero-order valence-corrected chi connectivity index (χ0v) is 15.2. The van der Waals surface area contributed by atoms with Gasteiger partial charge in [0.15, 0.2) is 0 Å². The van der Waals surface area contributed by atoms with Crippen LogP contribution in [0.4, 0.5) is 0 Å². The third-order valence-electron chi connectivity index (χ3n) is 4.19. The third kappa shape index (κ3) is 19.8. The van der Waals surface area contributed by atoms with Gasteiger partial charge in [0.1, 0.15) is 0 Å². The maximum absolute atomic E-state index is 4.55. The van der Waals surface area contributed by atoms with Crippen LogP contribution >= 0.6 is 12.2 Å². The van der Waals surface area contributed by atoms with Crippen molar-refractivity contribution in [2.45, 2.75) is 110 Å². The minimum atomic E-state index is 0.877. The van der Waals surface area contributed by atoms with Crippen molar-refractivity contribution in [2.75, 3.05) is 6.54 Å². The Hall–Kier alpha value is -0.200. The zero-order chi connectivity index (χ0) is 15.4. The number of aliphatic imine (C=N–C) groups is 1. The fourth-order valence-corrected chi connectivity index (χ4v) is 2.88. The molecule has 0 N–H and O–H groups in total. The van der Waals surface area contributed by atoms with Crippen molar-refractivity contribution < 1.29 is 0 Å². The number of rotatable bonds is 17. The molecule has 0 atom stereocenters. The van der Waals surface area contributed by atoms with Crippen molar-refractivity contribution in [3.05, 3.63) is 0 Å². The van der Waals surface area contributed by atoms with Crippen LogP contribution in [0.2, 0.25) is 0 Å². The van der Waals surface area contributed by atoms with E-state index in [2.05, 4.69) is 29.3 Å². The van der Waals surface area contributed by atoms with E-state index in [1.165, 1.54) is 103 Å². The molecular weight excluding hydrogens is 274 g/mol. The summed E-state index contributed by atoms with van der Waals surface area (Å²) < 4.78 is 0. The van der Waals surface area contributed by atoms with Crippen LogP contribution in [0.25, 0.3) is 0 Å². The Bertz CT molecular complexity index is 234. The quantitative estimate of drug-likeness (QED) is 0.155. The second kappa shape index (κ2) is 19.8. The molecule has 2 heteroatoms. The molecule has 0 bridgehead atoms. The Kier molecular flexibility index (Phi) is 19.6. The molecule has 124 valence electrons. The van der Waals surface area contributed by atoms with Crippen molar-refractivity contribution in [3.8, 4) is 0 Å². The summed E-state index contributed by atoms with van der Waals surface area (Å²) in [6.07, 6.45) is 22.6. The lowest BCUT2D eigenvalue weighted by atomic mass is 10.0. The average Bonchev–Trinajstić information content (AvgIpc) is 2.50. The molecule has 0 fully saturated rings. The molecule has 0 aliphatic heterocycles. The molecule has 0 radical (unpaired) electrons. The lowest BCUT2D eigenvalue weighted by Crippen LogP contribution is -1.84. The fourth-order valence-electron chi connectivity index (χ4n) is 2.78. The number of unbranched alkanes of at least 4 members (excludes halogenated alkanes) is 15. The molecule has 0 aliphatic rings. The highest BCUT2D eigenvalue weighted by atomic mass is 32.1. The maximum atomic E-state index is 4.55. The predicted octanol–water partition coefficient (Wildman–Crippen LogP) is 7.35. The molecule has 21 heavy (non-hydrogen) atoms. The van der Waals surface area contributed by atoms with E-state index in [9.17, 15) is 0 Å². The molecule has 1 nitrogen and oxygen atoms in total. The van der Waals surface area contributed by atoms with Gasteiger partial charge in [-0.25, -0.2) is 4.99 Å².